The first-order chi connectivity index (χ1) is 13.9. The summed E-state index contributed by atoms with van der Waals surface area (Å²) in [4.78, 5) is 0. The molecule has 0 aliphatic carbocycles. The second-order valence-corrected chi connectivity index (χ2v) is 6.93. The number of hydrogen-bond donors (Lipinski definition) is 2. The molecule has 3 atom stereocenters. The van der Waals surface area contributed by atoms with E-state index in [1.165, 1.54) is 7.11 Å². The molecule has 0 spiro atoms. The monoisotopic (exact) mass is 408 g/mol. The fraction of sp³-hybridized carbons (Fsp3) is 0.455. The molecule has 0 heterocycles. The van der Waals surface area contributed by atoms with E-state index in [2.05, 4.69) is 0 Å². The van der Waals surface area contributed by atoms with Gasteiger partial charge in [-0.2, -0.15) is 0 Å². The van der Waals surface area contributed by atoms with Crippen LogP contribution in [0.25, 0.3) is 0 Å². The van der Waals surface area contributed by atoms with Gasteiger partial charge in [-0.15, -0.1) is 0 Å². The van der Waals surface area contributed by atoms with E-state index in [0.29, 0.717) is 6.61 Å². The molecule has 2 aromatic carbocycles. The number of alkyl halides is 2. The van der Waals surface area contributed by atoms with Crippen LogP contribution in [0, 0.1) is 0 Å². The van der Waals surface area contributed by atoms with Gasteiger partial charge in [0.1, 0.15) is 12.9 Å². The summed E-state index contributed by atoms with van der Waals surface area (Å²) in [6, 6.07) is 15.8. The first kappa shape index (κ1) is 23.4. The van der Waals surface area contributed by atoms with Gasteiger partial charge in [0.15, 0.2) is 0 Å². The fourth-order valence-electron chi connectivity index (χ4n) is 3.05. The molecule has 0 unspecified atom stereocenters. The van der Waals surface area contributed by atoms with E-state index in [1.807, 2.05) is 36.4 Å². The van der Waals surface area contributed by atoms with Gasteiger partial charge < -0.3 is 25.7 Å². The van der Waals surface area contributed by atoms with Crippen LogP contribution in [0.1, 0.15) is 11.1 Å². The number of halogens is 2. The highest BCUT2D eigenvalue weighted by molar-refractivity contribution is 5.19. The van der Waals surface area contributed by atoms with E-state index < -0.39 is 24.1 Å². The van der Waals surface area contributed by atoms with Crippen LogP contribution in [0.3, 0.4) is 0 Å². The van der Waals surface area contributed by atoms with Crippen molar-refractivity contribution in [2.24, 2.45) is 11.5 Å². The lowest BCUT2D eigenvalue weighted by molar-refractivity contribution is -0.198. The van der Waals surface area contributed by atoms with Crippen molar-refractivity contribution in [3.8, 4) is 0 Å². The van der Waals surface area contributed by atoms with Crippen molar-refractivity contribution in [1.82, 2.24) is 0 Å². The van der Waals surface area contributed by atoms with Gasteiger partial charge in [-0.25, -0.2) is 8.78 Å². The van der Waals surface area contributed by atoms with Crippen molar-refractivity contribution in [2.45, 2.75) is 37.0 Å². The average molecular weight is 408 g/mol. The maximum absolute atomic E-state index is 15.3. The van der Waals surface area contributed by atoms with E-state index in [9.17, 15) is 0 Å². The summed E-state index contributed by atoms with van der Waals surface area (Å²) in [5.74, 6) is -3.35. The van der Waals surface area contributed by atoms with Gasteiger partial charge in [-0.1, -0.05) is 60.7 Å². The highest BCUT2D eigenvalue weighted by Crippen LogP contribution is 2.29. The summed E-state index contributed by atoms with van der Waals surface area (Å²) in [5.41, 5.74) is 13.7. The van der Waals surface area contributed by atoms with Gasteiger partial charge in [0, 0.05) is 13.2 Å². The predicted molar refractivity (Wildman–Crippen MR) is 109 cm³/mol. The molecule has 2 aromatic rings. The standard InChI is InChI=1S/C22H30F2N2O3/c1-27-12-13-28-16-29-21(19(25)14-17-8-4-2-5-9-17)22(23,24)20(26)15-18-10-6-3-7-11-18/h2-11,19-21H,12-16,25-26H2,1H3/t19-,20-,21+/m1/s1. The minimum atomic E-state index is -3.35. The zero-order chi connectivity index (χ0) is 21.1. The summed E-state index contributed by atoms with van der Waals surface area (Å²) in [5, 5.41) is 0. The quantitative estimate of drug-likeness (QED) is 0.394. The molecule has 0 aliphatic rings. The summed E-state index contributed by atoms with van der Waals surface area (Å²) >= 11 is 0. The van der Waals surface area contributed by atoms with Crippen LogP contribution >= 0.6 is 0 Å². The van der Waals surface area contributed by atoms with Gasteiger partial charge in [0.05, 0.1) is 19.3 Å². The Morgan fingerprint density at radius 1 is 0.862 bits per heavy atom. The van der Waals surface area contributed by atoms with E-state index in [0.717, 1.165) is 11.1 Å². The van der Waals surface area contributed by atoms with Crippen molar-refractivity contribution in [3.63, 3.8) is 0 Å². The van der Waals surface area contributed by atoms with Crippen molar-refractivity contribution in [1.29, 1.82) is 0 Å². The largest absolute Gasteiger partial charge is 0.382 e. The van der Waals surface area contributed by atoms with Crippen LogP contribution in [-0.4, -0.2) is 51.2 Å². The van der Waals surface area contributed by atoms with Crippen LogP contribution in [0.5, 0.6) is 0 Å². The van der Waals surface area contributed by atoms with Crippen LogP contribution in [0.2, 0.25) is 0 Å². The lowest BCUT2D eigenvalue weighted by Gasteiger charge is -2.35. The highest BCUT2D eigenvalue weighted by atomic mass is 19.3. The van der Waals surface area contributed by atoms with Crippen molar-refractivity contribution >= 4 is 0 Å². The normalized spacial score (nSPS) is 15.1. The van der Waals surface area contributed by atoms with E-state index in [1.54, 1.807) is 24.3 Å². The van der Waals surface area contributed by atoms with E-state index in [-0.39, 0.29) is 26.2 Å². The molecule has 0 saturated heterocycles. The molecule has 0 aromatic heterocycles. The summed E-state index contributed by atoms with van der Waals surface area (Å²) in [6.07, 6.45) is -1.35. The van der Waals surface area contributed by atoms with Gasteiger partial charge in [-0.3, -0.25) is 0 Å². The van der Waals surface area contributed by atoms with Crippen LogP contribution in [0.15, 0.2) is 60.7 Å². The number of methoxy groups -OCH3 is 1. The molecule has 29 heavy (non-hydrogen) atoms. The second kappa shape index (κ2) is 11.9. The third-order valence-corrected chi connectivity index (χ3v) is 4.64. The smallest absolute Gasteiger partial charge is 0.290 e. The Labute approximate surface area is 170 Å². The maximum atomic E-state index is 15.3. The van der Waals surface area contributed by atoms with Gasteiger partial charge in [0.25, 0.3) is 5.92 Å². The van der Waals surface area contributed by atoms with Gasteiger partial charge in [-0.05, 0) is 24.0 Å². The molecular formula is C22H30F2N2O3. The minimum Gasteiger partial charge on any atom is -0.382 e. The number of nitrogens with two attached hydrogens (primary N) is 2. The predicted octanol–water partition coefficient (Wildman–Crippen LogP) is 2.77. The molecule has 4 N–H and O–H groups in total. The topological polar surface area (TPSA) is 79.7 Å². The first-order valence-corrected chi connectivity index (χ1v) is 9.60. The maximum Gasteiger partial charge on any atom is 0.290 e. The minimum absolute atomic E-state index is 0.0102. The SMILES string of the molecule is COCCOCO[C@@H]([C@H](N)Cc1ccccc1)C(F)(F)[C@H](N)Cc1ccccc1. The van der Waals surface area contributed by atoms with Crippen LogP contribution < -0.4 is 11.5 Å². The summed E-state index contributed by atoms with van der Waals surface area (Å²) in [7, 11) is 1.53. The summed E-state index contributed by atoms with van der Waals surface area (Å²) in [6.45, 7) is 0.261. The van der Waals surface area contributed by atoms with Gasteiger partial charge >= 0.3 is 0 Å². The Kier molecular flexibility index (Phi) is 9.63. The molecule has 0 fully saturated rings. The fourth-order valence-corrected chi connectivity index (χ4v) is 3.05. The molecule has 0 aliphatic heterocycles. The zero-order valence-corrected chi connectivity index (χ0v) is 16.7. The second-order valence-electron chi connectivity index (χ2n) is 6.93. The molecule has 0 saturated carbocycles. The molecule has 0 radical (unpaired) electrons. The molecular weight excluding hydrogens is 378 g/mol. The third kappa shape index (κ3) is 7.45. The average Bonchev–Trinajstić information content (AvgIpc) is 2.71. The molecule has 160 valence electrons. The lowest BCUT2D eigenvalue weighted by atomic mass is 9.91. The first-order valence-electron chi connectivity index (χ1n) is 9.60. The van der Waals surface area contributed by atoms with Crippen molar-refractivity contribution < 1.29 is 23.0 Å². The Balaban J connectivity index is 2.09. The molecule has 7 heteroatoms. The molecule has 2 rings (SSSR count). The van der Waals surface area contributed by atoms with Crippen LogP contribution in [0.4, 0.5) is 8.78 Å². The summed E-state index contributed by atoms with van der Waals surface area (Å²) < 4.78 is 46.1. The molecule has 5 nitrogen and oxygen atoms in total. The lowest BCUT2D eigenvalue weighted by Crippen LogP contribution is -2.58. The van der Waals surface area contributed by atoms with Crippen molar-refractivity contribution in [3.05, 3.63) is 71.8 Å². The number of hydrogen-bond acceptors (Lipinski definition) is 5. The number of ether oxygens (including phenoxy) is 3. The Hall–Kier alpha value is -1.90. The molecule has 0 amide bonds. The Morgan fingerprint density at radius 2 is 1.41 bits per heavy atom. The molecule has 0 bridgehead atoms. The van der Waals surface area contributed by atoms with Crippen molar-refractivity contribution in [2.75, 3.05) is 27.1 Å². The van der Waals surface area contributed by atoms with E-state index >= 15 is 8.78 Å². The Bertz CT molecular complexity index is 689. The highest BCUT2D eigenvalue weighted by Gasteiger charge is 2.49. The van der Waals surface area contributed by atoms with Gasteiger partial charge in [0.2, 0.25) is 0 Å². The third-order valence-electron chi connectivity index (χ3n) is 4.64. The number of rotatable bonds is 13. The van der Waals surface area contributed by atoms with Crippen LogP contribution in [-0.2, 0) is 27.1 Å². The Morgan fingerprint density at radius 3 is 1.97 bits per heavy atom. The zero-order valence-electron chi connectivity index (χ0n) is 16.7. The number of benzene rings is 2. The van der Waals surface area contributed by atoms with E-state index in [4.69, 9.17) is 25.7 Å².